The minimum atomic E-state index is -0.104. The van der Waals surface area contributed by atoms with E-state index in [1.807, 2.05) is 0 Å². The number of hydrogen-bond donors (Lipinski definition) is 1. The molecule has 0 bridgehead atoms. The molecule has 132 valence electrons. The van der Waals surface area contributed by atoms with Crippen LogP contribution in [0.15, 0.2) is 23.3 Å². The predicted molar refractivity (Wildman–Crippen MR) is 90.1 cm³/mol. The maximum Gasteiger partial charge on any atom is 0.253 e. The molecule has 3 heterocycles. The van der Waals surface area contributed by atoms with E-state index < -0.39 is 0 Å². The monoisotopic (exact) mass is 344 g/mol. The van der Waals surface area contributed by atoms with E-state index in [-0.39, 0.29) is 11.5 Å². The molecule has 0 unspecified atom stereocenters. The Bertz CT molecular complexity index is 835. The molecule has 0 saturated heterocycles. The first-order chi connectivity index (χ1) is 12.1. The minimum Gasteiger partial charge on any atom is -0.481 e. The number of fused-ring (bicyclic) bond motifs is 1. The first-order valence-electron chi connectivity index (χ1n) is 8.02. The molecular weight excluding hydrogens is 324 g/mol. The molecule has 2 aromatic heterocycles. The molecule has 0 atom stereocenters. The third kappa shape index (κ3) is 3.93. The van der Waals surface area contributed by atoms with Crippen LogP contribution >= 0.6 is 0 Å². The van der Waals surface area contributed by atoms with Crippen molar-refractivity contribution in [3.05, 3.63) is 40.3 Å². The third-order valence-corrected chi connectivity index (χ3v) is 4.03. The van der Waals surface area contributed by atoms with Crippen LogP contribution in [0.1, 0.15) is 24.9 Å². The molecule has 1 N–H and O–H groups in total. The van der Waals surface area contributed by atoms with Gasteiger partial charge in [-0.3, -0.25) is 14.2 Å². The molecule has 1 aliphatic heterocycles. The van der Waals surface area contributed by atoms with E-state index in [4.69, 9.17) is 4.74 Å². The van der Waals surface area contributed by atoms with Gasteiger partial charge in [0.1, 0.15) is 18.0 Å². The maximum absolute atomic E-state index is 12.4. The number of nitrogens with zero attached hydrogens (tertiary/aromatic N) is 5. The number of ether oxygens (including phenoxy) is 1. The summed E-state index contributed by atoms with van der Waals surface area (Å²) < 4.78 is 6.69. The lowest BCUT2D eigenvalue weighted by molar-refractivity contribution is -0.129. The average molecular weight is 344 g/mol. The summed E-state index contributed by atoms with van der Waals surface area (Å²) in [5, 5.41) is 3.10. The van der Waals surface area contributed by atoms with Crippen molar-refractivity contribution >= 4 is 11.7 Å². The molecule has 1 aliphatic rings. The van der Waals surface area contributed by atoms with Crippen molar-refractivity contribution in [3.63, 3.8) is 0 Å². The number of nitrogens with one attached hydrogen (secondary N) is 1. The number of anilines is 1. The van der Waals surface area contributed by atoms with Crippen LogP contribution in [-0.2, 0) is 24.4 Å². The first-order valence-corrected chi connectivity index (χ1v) is 8.02. The second kappa shape index (κ2) is 7.29. The lowest BCUT2D eigenvalue weighted by Crippen LogP contribution is -2.30. The molecule has 2 aromatic rings. The number of methoxy groups -OCH3 is 1. The summed E-state index contributed by atoms with van der Waals surface area (Å²) in [6.07, 6.45) is 2.14. The maximum atomic E-state index is 12.4. The van der Waals surface area contributed by atoms with Gasteiger partial charge >= 0.3 is 0 Å². The Labute approximate surface area is 144 Å². The zero-order valence-electron chi connectivity index (χ0n) is 14.2. The molecule has 1 amide bonds. The van der Waals surface area contributed by atoms with Gasteiger partial charge in [0.2, 0.25) is 11.8 Å². The predicted octanol–water partition coefficient (Wildman–Crippen LogP) is 0.406. The Hall–Kier alpha value is -2.97. The second-order valence-electron chi connectivity index (χ2n) is 5.75. The van der Waals surface area contributed by atoms with Gasteiger partial charge in [-0.15, -0.1) is 0 Å². The lowest BCUT2D eigenvalue weighted by atomic mass is 10.3. The fourth-order valence-electron chi connectivity index (χ4n) is 2.72. The molecule has 9 nitrogen and oxygen atoms in total. The number of carbonyl (C=O) groups excluding carboxylic acids is 1. The molecule has 9 heteroatoms. The molecule has 3 rings (SSSR count). The summed E-state index contributed by atoms with van der Waals surface area (Å²) in [6, 6.07) is 3.17. The summed E-state index contributed by atoms with van der Waals surface area (Å²) >= 11 is 0. The van der Waals surface area contributed by atoms with Gasteiger partial charge in [0, 0.05) is 32.1 Å². The van der Waals surface area contributed by atoms with Crippen LogP contribution in [0.5, 0.6) is 5.88 Å². The summed E-state index contributed by atoms with van der Waals surface area (Å²) in [5.74, 6) is 1.62. The summed E-state index contributed by atoms with van der Waals surface area (Å²) in [6.45, 7) is 3.42. The van der Waals surface area contributed by atoms with Crippen LogP contribution in [0.2, 0.25) is 0 Å². The molecule has 0 aliphatic carbocycles. The smallest absolute Gasteiger partial charge is 0.253 e. The van der Waals surface area contributed by atoms with Crippen molar-refractivity contribution in [1.29, 1.82) is 0 Å². The molecule has 0 aromatic carbocycles. The number of amides is 1. The van der Waals surface area contributed by atoms with Crippen molar-refractivity contribution in [1.82, 2.24) is 24.4 Å². The Morgan fingerprint density at radius 2 is 2.16 bits per heavy atom. The Morgan fingerprint density at radius 3 is 2.92 bits per heavy atom. The number of hydrogen-bond acceptors (Lipinski definition) is 7. The average Bonchev–Trinajstić information content (AvgIpc) is 2.83. The number of carbonyl (C=O) groups is 1. The zero-order chi connectivity index (χ0) is 17.8. The van der Waals surface area contributed by atoms with Crippen LogP contribution in [0.25, 0.3) is 0 Å². The van der Waals surface area contributed by atoms with E-state index in [1.54, 1.807) is 15.5 Å². The van der Waals surface area contributed by atoms with Crippen molar-refractivity contribution in [2.45, 2.75) is 33.0 Å². The Balaban J connectivity index is 1.80. The fourth-order valence-corrected chi connectivity index (χ4v) is 2.72. The van der Waals surface area contributed by atoms with E-state index in [0.717, 1.165) is 6.42 Å². The normalized spacial score (nSPS) is 13.8. The standard InChI is InChI=1S/C16H20N6O3/c1-11(23)21-4-3-5-22-14(9-21)20-12(6-16(22)24)8-17-13-7-15(25-2)19-10-18-13/h6-7,10H,3-5,8-9H2,1-2H3,(H,17,18,19). The Morgan fingerprint density at radius 1 is 1.32 bits per heavy atom. The van der Waals surface area contributed by atoms with Gasteiger partial charge in [0.05, 0.1) is 25.9 Å². The summed E-state index contributed by atoms with van der Waals surface area (Å²) in [5.41, 5.74) is 0.492. The lowest BCUT2D eigenvalue weighted by Gasteiger charge is -2.18. The van der Waals surface area contributed by atoms with Gasteiger partial charge in [-0.1, -0.05) is 0 Å². The van der Waals surface area contributed by atoms with E-state index >= 15 is 0 Å². The van der Waals surface area contributed by atoms with Crippen LogP contribution in [0.4, 0.5) is 5.82 Å². The summed E-state index contributed by atoms with van der Waals surface area (Å²) in [7, 11) is 1.53. The van der Waals surface area contributed by atoms with Crippen LogP contribution in [-0.4, -0.2) is 44.0 Å². The van der Waals surface area contributed by atoms with E-state index in [2.05, 4.69) is 20.3 Å². The van der Waals surface area contributed by atoms with Gasteiger partial charge < -0.3 is 15.0 Å². The van der Waals surface area contributed by atoms with Crippen molar-refractivity contribution in [2.75, 3.05) is 19.0 Å². The highest BCUT2D eigenvalue weighted by Crippen LogP contribution is 2.12. The summed E-state index contributed by atoms with van der Waals surface area (Å²) in [4.78, 5) is 38.3. The minimum absolute atomic E-state index is 0.0145. The van der Waals surface area contributed by atoms with Crippen LogP contribution in [0, 0.1) is 0 Å². The van der Waals surface area contributed by atoms with Gasteiger partial charge in [0.25, 0.3) is 5.56 Å². The van der Waals surface area contributed by atoms with Gasteiger partial charge in [-0.05, 0) is 6.42 Å². The SMILES string of the molecule is COc1cc(NCc2cc(=O)n3c(n2)CN(C(C)=O)CCC3)ncn1. The fraction of sp³-hybridized carbons (Fsp3) is 0.438. The molecule has 0 fully saturated rings. The van der Waals surface area contributed by atoms with Crippen molar-refractivity contribution in [3.8, 4) is 5.88 Å². The van der Waals surface area contributed by atoms with E-state index in [9.17, 15) is 9.59 Å². The number of rotatable bonds is 4. The second-order valence-corrected chi connectivity index (χ2v) is 5.75. The quantitative estimate of drug-likeness (QED) is 0.857. The highest BCUT2D eigenvalue weighted by molar-refractivity contribution is 5.73. The van der Waals surface area contributed by atoms with Gasteiger partial charge in [0.15, 0.2) is 0 Å². The molecular formula is C16H20N6O3. The topological polar surface area (TPSA) is 102 Å². The van der Waals surface area contributed by atoms with Crippen LogP contribution < -0.4 is 15.6 Å². The highest BCUT2D eigenvalue weighted by atomic mass is 16.5. The first kappa shape index (κ1) is 16.9. The van der Waals surface area contributed by atoms with Crippen molar-refractivity contribution < 1.29 is 9.53 Å². The molecule has 0 radical (unpaired) electrons. The van der Waals surface area contributed by atoms with Crippen molar-refractivity contribution in [2.24, 2.45) is 0 Å². The zero-order valence-corrected chi connectivity index (χ0v) is 14.2. The highest BCUT2D eigenvalue weighted by Gasteiger charge is 2.18. The molecule has 0 saturated carbocycles. The number of aromatic nitrogens is 4. The van der Waals surface area contributed by atoms with Gasteiger partial charge in [-0.2, -0.15) is 0 Å². The van der Waals surface area contributed by atoms with Crippen LogP contribution in [0.3, 0.4) is 0 Å². The third-order valence-electron chi connectivity index (χ3n) is 4.03. The largest absolute Gasteiger partial charge is 0.481 e. The van der Waals surface area contributed by atoms with E-state index in [0.29, 0.717) is 49.4 Å². The molecule has 25 heavy (non-hydrogen) atoms. The Kier molecular flexibility index (Phi) is 4.92. The van der Waals surface area contributed by atoms with E-state index in [1.165, 1.54) is 26.4 Å². The molecule has 0 spiro atoms. The van der Waals surface area contributed by atoms with Gasteiger partial charge in [-0.25, -0.2) is 15.0 Å².